The highest BCUT2D eigenvalue weighted by atomic mass is 16.3. The van der Waals surface area contributed by atoms with Crippen LogP contribution < -0.4 is 0 Å². The minimum atomic E-state index is -0.317. The zero-order chi connectivity index (χ0) is 13.3. The highest BCUT2D eigenvalue weighted by Gasteiger charge is 2.09. The van der Waals surface area contributed by atoms with Crippen LogP contribution >= 0.6 is 0 Å². The molecule has 0 aliphatic heterocycles. The Kier molecular flexibility index (Phi) is 8.68. The third kappa shape index (κ3) is 7.10. The van der Waals surface area contributed by atoms with Crippen LogP contribution in [0.5, 0.6) is 0 Å². The molecule has 1 aromatic heterocycles. The van der Waals surface area contributed by atoms with Gasteiger partial charge in [-0.15, -0.1) is 5.10 Å². The molecule has 100 valence electrons. The second kappa shape index (κ2) is 9.16. The smallest absolute Gasteiger partial charge is 0.0734 e. The number of hydrogen-bond acceptors (Lipinski definition) is 3. The fraction of sp³-hybridized carbons (Fsp3) is 0.846. The zero-order valence-electron chi connectivity index (χ0n) is 11.8. The maximum atomic E-state index is 9.50. The van der Waals surface area contributed by atoms with Crippen LogP contribution in [0.25, 0.3) is 0 Å². The molecule has 0 aliphatic carbocycles. The maximum Gasteiger partial charge on any atom is 0.0734 e. The number of aliphatic hydroxyl groups is 1. The second-order valence-corrected chi connectivity index (χ2v) is 4.77. The molecule has 1 atom stereocenters. The van der Waals surface area contributed by atoms with Gasteiger partial charge in [0.2, 0.25) is 0 Å². The van der Waals surface area contributed by atoms with Gasteiger partial charge in [-0.3, -0.25) is 0 Å². The lowest BCUT2D eigenvalue weighted by molar-refractivity contribution is 0.143. The third-order valence-electron chi connectivity index (χ3n) is 2.17. The topological polar surface area (TPSA) is 50.9 Å². The summed E-state index contributed by atoms with van der Waals surface area (Å²) >= 11 is 0. The van der Waals surface area contributed by atoms with Crippen molar-refractivity contribution in [3.05, 3.63) is 11.9 Å². The van der Waals surface area contributed by atoms with Crippen LogP contribution in [0.4, 0.5) is 0 Å². The van der Waals surface area contributed by atoms with E-state index in [0.717, 1.165) is 18.5 Å². The Labute approximate surface area is 105 Å². The summed E-state index contributed by atoms with van der Waals surface area (Å²) < 4.78 is 1.80. The Morgan fingerprint density at radius 2 is 1.88 bits per heavy atom. The quantitative estimate of drug-likeness (QED) is 0.862. The number of aliphatic hydroxyl groups excluding tert-OH is 1. The van der Waals surface area contributed by atoms with E-state index in [9.17, 15) is 5.11 Å². The minimum Gasteiger partial charge on any atom is -0.391 e. The summed E-state index contributed by atoms with van der Waals surface area (Å²) in [5.41, 5.74) is 1.10. The SMILES string of the molecule is CCC.CCC(O)Cn1nncc1CC(C)C. The number of hydrogen-bond donors (Lipinski definition) is 1. The lowest BCUT2D eigenvalue weighted by Crippen LogP contribution is -2.18. The molecule has 0 amide bonds. The van der Waals surface area contributed by atoms with Gasteiger partial charge in [0.05, 0.1) is 24.5 Å². The van der Waals surface area contributed by atoms with E-state index < -0.39 is 0 Å². The standard InChI is InChI=1S/C10H19N3O.C3H8/c1-4-10(14)7-13-9(5-8(2)3)6-11-12-13;1-3-2/h6,8,10,14H,4-5,7H2,1-3H3;3H2,1-2H3. The summed E-state index contributed by atoms with van der Waals surface area (Å²) in [4.78, 5) is 0. The van der Waals surface area contributed by atoms with Gasteiger partial charge in [0.25, 0.3) is 0 Å². The molecule has 0 aromatic carbocycles. The predicted octanol–water partition coefficient (Wildman–Crippen LogP) is 2.66. The zero-order valence-corrected chi connectivity index (χ0v) is 11.8. The third-order valence-corrected chi connectivity index (χ3v) is 2.17. The molecule has 1 N–H and O–H groups in total. The molecule has 0 radical (unpaired) electrons. The van der Waals surface area contributed by atoms with Crippen molar-refractivity contribution in [2.75, 3.05) is 0 Å². The van der Waals surface area contributed by atoms with E-state index in [2.05, 4.69) is 38.0 Å². The Bertz CT molecular complexity index is 284. The van der Waals surface area contributed by atoms with Gasteiger partial charge in [-0.2, -0.15) is 0 Å². The average Bonchev–Trinajstić information content (AvgIpc) is 2.66. The summed E-state index contributed by atoms with van der Waals surface area (Å²) in [5.74, 6) is 0.589. The molecule has 1 rings (SSSR count). The van der Waals surface area contributed by atoms with Gasteiger partial charge in [-0.1, -0.05) is 46.3 Å². The molecular weight excluding hydrogens is 214 g/mol. The highest BCUT2D eigenvalue weighted by Crippen LogP contribution is 2.07. The van der Waals surface area contributed by atoms with Crippen LogP contribution in [0.3, 0.4) is 0 Å². The van der Waals surface area contributed by atoms with E-state index in [1.807, 2.05) is 6.92 Å². The fourth-order valence-corrected chi connectivity index (χ4v) is 1.34. The van der Waals surface area contributed by atoms with Gasteiger partial charge in [-0.05, 0) is 18.8 Å². The van der Waals surface area contributed by atoms with Crippen molar-refractivity contribution in [1.29, 1.82) is 0 Å². The molecule has 0 saturated carbocycles. The second-order valence-electron chi connectivity index (χ2n) is 4.77. The predicted molar refractivity (Wildman–Crippen MR) is 70.8 cm³/mol. The molecule has 0 fully saturated rings. The van der Waals surface area contributed by atoms with Gasteiger partial charge >= 0.3 is 0 Å². The summed E-state index contributed by atoms with van der Waals surface area (Å²) in [6.45, 7) is 11.1. The van der Waals surface area contributed by atoms with Crippen LogP contribution in [0, 0.1) is 5.92 Å². The van der Waals surface area contributed by atoms with Crippen LogP contribution in [0.2, 0.25) is 0 Å². The first kappa shape index (κ1) is 16.1. The van der Waals surface area contributed by atoms with Crippen molar-refractivity contribution in [2.45, 2.75) is 66.5 Å². The molecule has 4 nitrogen and oxygen atoms in total. The normalized spacial score (nSPS) is 12.2. The van der Waals surface area contributed by atoms with Crippen LogP contribution in [0.15, 0.2) is 6.20 Å². The molecule has 17 heavy (non-hydrogen) atoms. The van der Waals surface area contributed by atoms with E-state index >= 15 is 0 Å². The van der Waals surface area contributed by atoms with E-state index in [1.165, 1.54) is 6.42 Å². The van der Waals surface area contributed by atoms with E-state index in [1.54, 1.807) is 10.9 Å². The van der Waals surface area contributed by atoms with Gasteiger partial charge in [0, 0.05) is 0 Å². The Morgan fingerprint density at radius 1 is 1.29 bits per heavy atom. The van der Waals surface area contributed by atoms with Crippen LogP contribution in [-0.4, -0.2) is 26.2 Å². The summed E-state index contributed by atoms with van der Waals surface area (Å²) in [5, 5.41) is 17.3. The molecule has 1 unspecified atom stereocenters. The largest absolute Gasteiger partial charge is 0.391 e. The van der Waals surface area contributed by atoms with E-state index in [0.29, 0.717) is 12.5 Å². The van der Waals surface area contributed by atoms with E-state index in [-0.39, 0.29) is 6.10 Å². The molecule has 0 bridgehead atoms. The van der Waals surface area contributed by atoms with Gasteiger partial charge in [-0.25, -0.2) is 4.68 Å². The van der Waals surface area contributed by atoms with Crippen molar-refractivity contribution in [1.82, 2.24) is 15.0 Å². The van der Waals surface area contributed by atoms with Crippen molar-refractivity contribution in [3.8, 4) is 0 Å². The lowest BCUT2D eigenvalue weighted by atomic mass is 10.1. The minimum absolute atomic E-state index is 0.317. The Hall–Kier alpha value is -0.900. The Morgan fingerprint density at radius 3 is 2.35 bits per heavy atom. The molecule has 4 heteroatoms. The van der Waals surface area contributed by atoms with Crippen molar-refractivity contribution in [3.63, 3.8) is 0 Å². The number of nitrogens with zero attached hydrogens (tertiary/aromatic N) is 3. The first-order valence-corrected chi connectivity index (χ1v) is 6.60. The molecule has 0 aliphatic rings. The first-order valence-electron chi connectivity index (χ1n) is 6.60. The van der Waals surface area contributed by atoms with Crippen LogP contribution in [-0.2, 0) is 13.0 Å². The number of aromatic nitrogens is 3. The van der Waals surface area contributed by atoms with Crippen molar-refractivity contribution >= 4 is 0 Å². The monoisotopic (exact) mass is 241 g/mol. The number of rotatable bonds is 5. The lowest BCUT2D eigenvalue weighted by Gasteiger charge is -2.11. The summed E-state index contributed by atoms with van der Waals surface area (Å²) in [6, 6.07) is 0. The molecular formula is C13H27N3O. The molecule has 0 spiro atoms. The summed E-state index contributed by atoms with van der Waals surface area (Å²) in [7, 11) is 0. The summed E-state index contributed by atoms with van der Waals surface area (Å²) in [6.07, 6.45) is 4.43. The van der Waals surface area contributed by atoms with E-state index in [4.69, 9.17) is 0 Å². The van der Waals surface area contributed by atoms with Crippen molar-refractivity contribution in [2.24, 2.45) is 5.92 Å². The van der Waals surface area contributed by atoms with Crippen LogP contribution in [0.1, 0.15) is 53.2 Å². The molecule has 1 heterocycles. The average molecular weight is 241 g/mol. The van der Waals surface area contributed by atoms with Gasteiger partial charge < -0.3 is 5.11 Å². The Balaban J connectivity index is 0.000000770. The van der Waals surface area contributed by atoms with Crippen molar-refractivity contribution < 1.29 is 5.11 Å². The highest BCUT2D eigenvalue weighted by molar-refractivity contribution is 4.95. The molecule has 0 saturated heterocycles. The fourth-order valence-electron chi connectivity index (χ4n) is 1.34. The molecule has 1 aromatic rings. The first-order chi connectivity index (χ1) is 8.04. The maximum absolute atomic E-state index is 9.50. The van der Waals surface area contributed by atoms with Gasteiger partial charge in [0.1, 0.15) is 0 Å². The van der Waals surface area contributed by atoms with Gasteiger partial charge in [0.15, 0.2) is 0 Å².